The van der Waals surface area contributed by atoms with Crippen LogP contribution in [0.3, 0.4) is 0 Å². The molecule has 10 heteroatoms. The van der Waals surface area contributed by atoms with Crippen molar-refractivity contribution >= 4 is 27.5 Å². The molecule has 0 fully saturated rings. The molecule has 0 saturated heterocycles. The molecule has 1 aliphatic heterocycles. The highest BCUT2D eigenvalue weighted by Gasteiger charge is 2.29. The molecule has 2 heterocycles. The molecule has 1 aliphatic rings. The summed E-state index contributed by atoms with van der Waals surface area (Å²) in [4.78, 5) is 17.0. The fourth-order valence-corrected chi connectivity index (χ4v) is 4.67. The number of rotatable bonds is 8. The Morgan fingerprint density at radius 1 is 1.16 bits per heavy atom. The molecule has 3 aromatic rings. The Kier molecular flexibility index (Phi) is 6.31. The van der Waals surface area contributed by atoms with Gasteiger partial charge in [0.05, 0.1) is 4.90 Å². The molecule has 0 aliphatic carbocycles. The average Bonchev–Trinajstić information content (AvgIpc) is 3.39. The standard InChI is InChI=1S/C22H23N5O4S/c1-15-10-11-16(22-26-24-14-31-22)13-18(15)25-20(28)9-3-2-6-12-23-21-17-7-4-5-8-19(17)32(29,30)27-21/h4-5,7-8,10-11,13-14H,2-3,6,9,12H2,1H3,(H,23,27)(H,25,28). The van der Waals surface area contributed by atoms with Crippen molar-refractivity contribution in [2.45, 2.75) is 37.5 Å². The predicted octanol–water partition coefficient (Wildman–Crippen LogP) is 3.28. The van der Waals surface area contributed by atoms with Gasteiger partial charge < -0.3 is 9.73 Å². The number of aliphatic imine (C=N–C) groups is 1. The van der Waals surface area contributed by atoms with Crippen LogP contribution in [0.5, 0.6) is 0 Å². The van der Waals surface area contributed by atoms with Gasteiger partial charge in [0.1, 0.15) is 5.84 Å². The minimum atomic E-state index is -3.51. The van der Waals surface area contributed by atoms with Crippen molar-refractivity contribution in [2.75, 3.05) is 11.9 Å². The van der Waals surface area contributed by atoms with E-state index in [4.69, 9.17) is 4.42 Å². The van der Waals surface area contributed by atoms with Gasteiger partial charge in [0.25, 0.3) is 10.0 Å². The molecule has 0 radical (unpaired) electrons. The maximum Gasteiger partial charge on any atom is 0.263 e. The zero-order valence-electron chi connectivity index (χ0n) is 17.5. The van der Waals surface area contributed by atoms with E-state index in [1.165, 1.54) is 6.39 Å². The van der Waals surface area contributed by atoms with Crippen LogP contribution in [0, 0.1) is 6.92 Å². The zero-order valence-corrected chi connectivity index (χ0v) is 18.4. The fourth-order valence-electron chi connectivity index (χ4n) is 3.42. The summed E-state index contributed by atoms with van der Waals surface area (Å²) in [6.07, 6.45) is 3.92. The molecule has 2 N–H and O–H groups in total. The van der Waals surface area contributed by atoms with Crippen LogP contribution in [0.1, 0.15) is 36.8 Å². The van der Waals surface area contributed by atoms with Crippen molar-refractivity contribution in [1.82, 2.24) is 14.9 Å². The number of sulfonamides is 1. The number of nitrogens with zero attached hydrogens (tertiary/aromatic N) is 3. The van der Waals surface area contributed by atoms with Crippen LogP contribution in [0.4, 0.5) is 5.69 Å². The number of amidine groups is 1. The van der Waals surface area contributed by atoms with Gasteiger partial charge in [-0.05, 0) is 49.6 Å². The van der Waals surface area contributed by atoms with Gasteiger partial charge in [0, 0.05) is 29.8 Å². The van der Waals surface area contributed by atoms with Gasteiger partial charge in [-0.1, -0.05) is 24.6 Å². The highest BCUT2D eigenvalue weighted by molar-refractivity contribution is 7.90. The minimum Gasteiger partial charge on any atom is -0.423 e. The van der Waals surface area contributed by atoms with Crippen molar-refractivity contribution in [1.29, 1.82) is 0 Å². The van der Waals surface area contributed by atoms with Gasteiger partial charge in [-0.3, -0.25) is 14.5 Å². The number of hydrogen-bond donors (Lipinski definition) is 2. The van der Waals surface area contributed by atoms with E-state index in [2.05, 4.69) is 25.2 Å². The topological polar surface area (TPSA) is 127 Å². The van der Waals surface area contributed by atoms with Gasteiger partial charge in [0.15, 0.2) is 0 Å². The number of benzene rings is 2. The second-order valence-electron chi connectivity index (χ2n) is 7.46. The summed E-state index contributed by atoms with van der Waals surface area (Å²) in [7, 11) is -3.51. The quantitative estimate of drug-likeness (QED) is 0.504. The molecule has 2 aromatic carbocycles. The zero-order chi connectivity index (χ0) is 22.6. The summed E-state index contributed by atoms with van der Waals surface area (Å²) in [6, 6.07) is 12.4. The first-order valence-corrected chi connectivity index (χ1v) is 11.8. The summed E-state index contributed by atoms with van der Waals surface area (Å²) < 4.78 is 31.9. The second-order valence-corrected chi connectivity index (χ2v) is 9.12. The van der Waals surface area contributed by atoms with Crippen LogP contribution in [-0.2, 0) is 14.8 Å². The molecular weight excluding hydrogens is 430 g/mol. The Balaban J connectivity index is 1.24. The lowest BCUT2D eigenvalue weighted by molar-refractivity contribution is -0.116. The Labute approximate surface area is 186 Å². The van der Waals surface area contributed by atoms with Crippen molar-refractivity contribution in [2.24, 2.45) is 4.99 Å². The molecule has 32 heavy (non-hydrogen) atoms. The van der Waals surface area contributed by atoms with Crippen LogP contribution in [0.25, 0.3) is 11.5 Å². The average molecular weight is 454 g/mol. The van der Waals surface area contributed by atoms with Gasteiger partial charge in [0.2, 0.25) is 18.2 Å². The smallest absolute Gasteiger partial charge is 0.263 e. The van der Waals surface area contributed by atoms with Crippen LogP contribution in [0.2, 0.25) is 0 Å². The van der Waals surface area contributed by atoms with Gasteiger partial charge in [-0.15, -0.1) is 10.2 Å². The number of carbonyl (C=O) groups excluding carboxylic acids is 1. The summed E-state index contributed by atoms with van der Waals surface area (Å²) in [5, 5.41) is 10.5. The van der Waals surface area contributed by atoms with Crippen LogP contribution >= 0.6 is 0 Å². The number of hydrogen-bond acceptors (Lipinski definition) is 7. The molecule has 166 valence electrons. The van der Waals surface area contributed by atoms with E-state index in [-0.39, 0.29) is 10.8 Å². The number of nitrogens with one attached hydrogen (secondary N) is 2. The van der Waals surface area contributed by atoms with E-state index in [1.807, 2.05) is 25.1 Å². The third-order valence-electron chi connectivity index (χ3n) is 5.11. The lowest BCUT2D eigenvalue weighted by Crippen LogP contribution is -2.22. The number of aromatic nitrogens is 2. The molecule has 1 aromatic heterocycles. The van der Waals surface area contributed by atoms with E-state index in [0.717, 1.165) is 24.0 Å². The van der Waals surface area contributed by atoms with E-state index in [1.54, 1.807) is 24.3 Å². The molecule has 0 spiro atoms. The first-order chi connectivity index (χ1) is 15.4. The van der Waals surface area contributed by atoms with E-state index in [9.17, 15) is 13.2 Å². The Morgan fingerprint density at radius 2 is 2.00 bits per heavy atom. The van der Waals surface area contributed by atoms with Crippen molar-refractivity contribution in [3.05, 3.63) is 60.0 Å². The monoisotopic (exact) mass is 453 g/mol. The van der Waals surface area contributed by atoms with E-state index in [0.29, 0.717) is 42.4 Å². The number of carbonyl (C=O) groups is 1. The molecule has 0 atom stereocenters. The lowest BCUT2D eigenvalue weighted by Gasteiger charge is -2.09. The second kappa shape index (κ2) is 9.31. The third kappa shape index (κ3) is 4.86. The SMILES string of the molecule is Cc1ccc(-c2nnco2)cc1NC(=O)CCCCCN=C1NS(=O)(=O)c2ccccc21. The molecule has 0 bridgehead atoms. The summed E-state index contributed by atoms with van der Waals surface area (Å²) >= 11 is 0. The minimum absolute atomic E-state index is 0.0698. The molecule has 1 amide bonds. The maximum atomic E-state index is 12.3. The van der Waals surface area contributed by atoms with Crippen molar-refractivity contribution < 1.29 is 17.6 Å². The normalized spacial score (nSPS) is 15.3. The van der Waals surface area contributed by atoms with Crippen LogP contribution in [-0.4, -0.2) is 36.9 Å². The van der Waals surface area contributed by atoms with Crippen LogP contribution < -0.4 is 10.0 Å². The van der Waals surface area contributed by atoms with E-state index < -0.39 is 10.0 Å². The van der Waals surface area contributed by atoms with Gasteiger partial charge in [-0.2, -0.15) is 0 Å². The van der Waals surface area contributed by atoms with Gasteiger partial charge >= 0.3 is 0 Å². The van der Waals surface area contributed by atoms with Crippen molar-refractivity contribution in [3.8, 4) is 11.5 Å². The molecule has 0 saturated carbocycles. The number of anilines is 1. The Morgan fingerprint density at radius 3 is 2.81 bits per heavy atom. The largest absolute Gasteiger partial charge is 0.423 e. The molecule has 9 nitrogen and oxygen atoms in total. The predicted molar refractivity (Wildman–Crippen MR) is 120 cm³/mol. The number of aryl methyl sites for hydroxylation is 1. The molecule has 0 unspecified atom stereocenters. The summed E-state index contributed by atoms with van der Waals surface area (Å²) in [6.45, 7) is 2.40. The fraction of sp³-hybridized carbons (Fsp3) is 0.273. The first-order valence-electron chi connectivity index (χ1n) is 10.3. The molecular formula is C22H23N5O4S. The summed E-state index contributed by atoms with van der Waals surface area (Å²) in [5.74, 6) is 0.712. The summed E-state index contributed by atoms with van der Waals surface area (Å²) in [5.41, 5.74) is 3.00. The molecule has 4 rings (SSSR count). The first kappa shape index (κ1) is 21.7. The highest BCUT2D eigenvalue weighted by Crippen LogP contribution is 2.24. The third-order valence-corrected chi connectivity index (χ3v) is 6.51. The Bertz CT molecular complexity index is 1250. The maximum absolute atomic E-state index is 12.3. The van der Waals surface area contributed by atoms with Gasteiger partial charge in [-0.25, -0.2) is 8.42 Å². The van der Waals surface area contributed by atoms with Crippen molar-refractivity contribution in [3.63, 3.8) is 0 Å². The van der Waals surface area contributed by atoms with Crippen LogP contribution in [0.15, 0.2) is 63.2 Å². The Hall–Kier alpha value is -3.53. The number of fused-ring (bicyclic) bond motifs is 1. The van der Waals surface area contributed by atoms with E-state index >= 15 is 0 Å². The number of unbranched alkanes of at least 4 members (excludes halogenated alkanes) is 2. The number of amides is 1. The lowest BCUT2D eigenvalue weighted by atomic mass is 10.1. The highest BCUT2D eigenvalue weighted by atomic mass is 32.2.